The van der Waals surface area contributed by atoms with Crippen molar-refractivity contribution in [1.82, 2.24) is 0 Å². The zero-order valence-electron chi connectivity index (χ0n) is 10.4. The molecule has 0 unspecified atom stereocenters. The molecule has 0 amide bonds. The SMILES string of the molecule is CCCc1c2scc(N)c2[nH+]c2c([NH3+])csc12.[Cl-].[Cl-]. The summed E-state index contributed by atoms with van der Waals surface area (Å²) in [7, 11) is 0. The van der Waals surface area contributed by atoms with Gasteiger partial charge in [-0.2, -0.15) is 4.98 Å². The number of halogens is 2. The van der Waals surface area contributed by atoms with Crippen LogP contribution >= 0.6 is 22.7 Å². The van der Waals surface area contributed by atoms with Crippen LogP contribution in [0.3, 0.4) is 0 Å². The van der Waals surface area contributed by atoms with Gasteiger partial charge in [-0.1, -0.05) is 13.3 Å². The molecule has 0 radical (unpaired) electrons. The van der Waals surface area contributed by atoms with Gasteiger partial charge in [0.15, 0.2) is 0 Å². The molecular weight excluding hydrogens is 321 g/mol. The molecule has 0 aliphatic rings. The highest BCUT2D eigenvalue weighted by molar-refractivity contribution is 7.20. The van der Waals surface area contributed by atoms with Crippen LogP contribution in [0.4, 0.5) is 11.4 Å². The first-order valence-corrected chi connectivity index (χ1v) is 7.42. The molecule has 3 rings (SSSR count). The molecule has 0 aliphatic carbocycles. The average Bonchev–Trinajstić information content (AvgIpc) is 2.86. The van der Waals surface area contributed by atoms with E-state index in [1.165, 1.54) is 15.0 Å². The number of aryl methyl sites for hydroxylation is 1. The molecule has 0 aromatic carbocycles. The number of anilines is 1. The van der Waals surface area contributed by atoms with E-state index in [9.17, 15) is 0 Å². The number of fused-ring (bicyclic) bond motifs is 2. The Morgan fingerprint density at radius 3 is 2.47 bits per heavy atom. The first kappa shape index (κ1) is 16.5. The molecule has 3 nitrogen and oxygen atoms in total. The molecule has 104 valence electrons. The van der Waals surface area contributed by atoms with Gasteiger partial charge in [0, 0.05) is 10.9 Å². The van der Waals surface area contributed by atoms with Gasteiger partial charge in [0.2, 0.25) is 11.2 Å². The van der Waals surface area contributed by atoms with Gasteiger partial charge in [0.25, 0.3) is 5.52 Å². The van der Waals surface area contributed by atoms with E-state index in [1.807, 2.05) is 5.38 Å². The van der Waals surface area contributed by atoms with Crippen molar-refractivity contribution in [2.24, 2.45) is 0 Å². The molecular formula is C12H15Cl2N3S2. The summed E-state index contributed by atoms with van der Waals surface area (Å²) in [6, 6.07) is 0. The van der Waals surface area contributed by atoms with E-state index in [0.717, 1.165) is 35.2 Å². The molecule has 0 saturated heterocycles. The zero-order chi connectivity index (χ0) is 12.0. The second-order valence-corrected chi connectivity index (χ2v) is 5.97. The predicted octanol–water partition coefficient (Wildman–Crippen LogP) is -3.65. The maximum Gasteiger partial charge on any atom is 0.283 e. The molecule has 19 heavy (non-hydrogen) atoms. The van der Waals surface area contributed by atoms with Crippen LogP contribution in [-0.4, -0.2) is 0 Å². The Morgan fingerprint density at radius 2 is 1.79 bits per heavy atom. The van der Waals surface area contributed by atoms with Crippen molar-refractivity contribution in [3.63, 3.8) is 0 Å². The Morgan fingerprint density at radius 1 is 1.16 bits per heavy atom. The van der Waals surface area contributed by atoms with Crippen molar-refractivity contribution in [2.45, 2.75) is 19.8 Å². The molecule has 6 N–H and O–H groups in total. The lowest BCUT2D eigenvalue weighted by Gasteiger charge is -1.99. The van der Waals surface area contributed by atoms with E-state index < -0.39 is 0 Å². The van der Waals surface area contributed by atoms with Crippen LogP contribution in [-0.2, 0) is 6.42 Å². The molecule has 0 aliphatic heterocycles. The summed E-state index contributed by atoms with van der Waals surface area (Å²) in [5.74, 6) is 0. The van der Waals surface area contributed by atoms with E-state index >= 15 is 0 Å². The third-order valence-corrected chi connectivity index (χ3v) is 5.13. The van der Waals surface area contributed by atoms with Crippen molar-refractivity contribution in [3.8, 4) is 0 Å². The van der Waals surface area contributed by atoms with Crippen LogP contribution in [0.15, 0.2) is 10.8 Å². The van der Waals surface area contributed by atoms with Crippen molar-refractivity contribution < 1.29 is 35.5 Å². The molecule has 3 heterocycles. The topological polar surface area (TPSA) is 67.8 Å². The van der Waals surface area contributed by atoms with Gasteiger partial charge in [-0.25, -0.2) is 0 Å². The first-order chi connectivity index (χ1) is 8.22. The molecule has 0 spiro atoms. The molecule has 0 fully saturated rings. The highest BCUT2D eigenvalue weighted by Crippen LogP contribution is 2.36. The molecule has 7 heteroatoms. The van der Waals surface area contributed by atoms with Crippen molar-refractivity contribution >= 4 is 54.5 Å². The number of nitrogen functional groups attached to an aromatic ring is 1. The molecule has 0 atom stereocenters. The number of hydrogen-bond donors (Lipinski definition) is 2. The smallest absolute Gasteiger partial charge is 0.283 e. The normalized spacial score (nSPS) is 10.4. The quantitative estimate of drug-likeness (QED) is 0.498. The Bertz CT molecular complexity index is 651. The number of thiophene rings is 2. The van der Waals surface area contributed by atoms with E-state index in [4.69, 9.17) is 5.73 Å². The molecule has 3 aromatic heterocycles. The standard InChI is InChI=1S/C12H13N3S2.2ClH/c1-2-3-6-11-9(7(13)4-16-11)15-10-8(14)5-17-12(6)10;;/h4-5H,2-3,13-14H2,1H3;2*1H. The Hall–Kier alpha value is -0.590. The third kappa shape index (κ3) is 2.53. The van der Waals surface area contributed by atoms with Crippen LogP contribution in [0.1, 0.15) is 18.9 Å². The first-order valence-electron chi connectivity index (χ1n) is 5.66. The van der Waals surface area contributed by atoms with Gasteiger partial charge in [-0.3, -0.25) is 0 Å². The average molecular weight is 336 g/mol. The second-order valence-electron chi connectivity index (χ2n) is 4.21. The minimum Gasteiger partial charge on any atom is -1.00 e. The molecule has 0 saturated carbocycles. The van der Waals surface area contributed by atoms with Crippen LogP contribution in [0.5, 0.6) is 0 Å². The number of rotatable bonds is 2. The van der Waals surface area contributed by atoms with Gasteiger partial charge in [-0.15, -0.1) is 22.7 Å². The van der Waals surface area contributed by atoms with E-state index in [0.29, 0.717) is 0 Å². The fourth-order valence-corrected chi connectivity index (χ4v) is 4.26. The largest absolute Gasteiger partial charge is 1.00 e. The maximum atomic E-state index is 6.01. The van der Waals surface area contributed by atoms with Gasteiger partial charge in [0.05, 0.1) is 5.38 Å². The summed E-state index contributed by atoms with van der Waals surface area (Å²) >= 11 is 3.51. The van der Waals surface area contributed by atoms with E-state index in [1.54, 1.807) is 22.7 Å². The summed E-state index contributed by atoms with van der Waals surface area (Å²) < 4.78 is 2.64. The summed E-state index contributed by atoms with van der Waals surface area (Å²) in [5, 5.41) is 4.13. The summed E-state index contributed by atoms with van der Waals surface area (Å²) in [5.41, 5.74) is 15.6. The number of aromatic nitrogens is 1. The minimum atomic E-state index is 0. The highest BCUT2D eigenvalue weighted by atomic mass is 35.5. The Kier molecular flexibility index (Phi) is 5.41. The lowest BCUT2D eigenvalue weighted by molar-refractivity contribution is -0.324. The number of hydrogen-bond acceptors (Lipinski definition) is 3. The van der Waals surface area contributed by atoms with Crippen molar-refractivity contribution in [2.75, 3.05) is 5.73 Å². The summed E-state index contributed by atoms with van der Waals surface area (Å²) in [6.45, 7) is 2.21. The Balaban J connectivity index is 0.000000902. The lowest BCUT2D eigenvalue weighted by atomic mass is 10.1. The van der Waals surface area contributed by atoms with Gasteiger partial charge in [-0.05, 0) is 6.42 Å². The second kappa shape index (κ2) is 6.24. The Labute approximate surface area is 131 Å². The van der Waals surface area contributed by atoms with E-state index in [2.05, 4.69) is 23.0 Å². The number of nitrogens with two attached hydrogens (primary N) is 1. The molecule has 0 bridgehead atoms. The van der Waals surface area contributed by atoms with Crippen LogP contribution in [0, 0.1) is 0 Å². The maximum absolute atomic E-state index is 6.01. The van der Waals surface area contributed by atoms with Crippen LogP contribution in [0.25, 0.3) is 20.4 Å². The zero-order valence-corrected chi connectivity index (χ0v) is 13.6. The lowest BCUT2D eigenvalue weighted by Crippen LogP contribution is -3.00. The number of H-pyrrole nitrogens is 1. The van der Waals surface area contributed by atoms with Gasteiger partial charge in [0.1, 0.15) is 15.1 Å². The van der Waals surface area contributed by atoms with Crippen LogP contribution < -0.4 is 41.3 Å². The highest BCUT2D eigenvalue weighted by Gasteiger charge is 2.21. The summed E-state index contributed by atoms with van der Waals surface area (Å²) in [4.78, 5) is 3.44. The predicted molar refractivity (Wildman–Crippen MR) is 74.7 cm³/mol. The van der Waals surface area contributed by atoms with Crippen LogP contribution in [0.2, 0.25) is 0 Å². The minimum absolute atomic E-state index is 0. The van der Waals surface area contributed by atoms with Crippen molar-refractivity contribution in [1.29, 1.82) is 0 Å². The fourth-order valence-electron chi connectivity index (χ4n) is 2.18. The number of pyridine rings is 1. The van der Waals surface area contributed by atoms with E-state index in [-0.39, 0.29) is 24.8 Å². The summed E-state index contributed by atoms with van der Waals surface area (Å²) in [6.07, 6.45) is 2.25. The van der Waals surface area contributed by atoms with Gasteiger partial charge >= 0.3 is 0 Å². The monoisotopic (exact) mass is 335 g/mol. The fraction of sp³-hybridized carbons (Fsp3) is 0.250. The van der Waals surface area contributed by atoms with Crippen molar-refractivity contribution in [3.05, 3.63) is 16.3 Å². The molecule has 3 aromatic rings. The third-order valence-electron chi connectivity index (χ3n) is 2.98. The number of aromatic amines is 1. The number of nitrogens with one attached hydrogen (secondary N) is 1. The number of quaternary nitrogens is 1. The van der Waals surface area contributed by atoms with Gasteiger partial charge < -0.3 is 36.3 Å².